The average molecular weight is 439 g/mol. The van der Waals surface area contributed by atoms with Crippen molar-refractivity contribution in [2.75, 3.05) is 7.05 Å². The molecule has 1 atom stereocenters. The molecule has 2 aromatic carbocycles. The summed E-state index contributed by atoms with van der Waals surface area (Å²) in [6, 6.07) is 18.0. The van der Waals surface area contributed by atoms with E-state index in [4.69, 9.17) is 0 Å². The zero-order valence-corrected chi connectivity index (χ0v) is 18.4. The summed E-state index contributed by atoms with van der Waals surface area (Å²) >= 11 is 0. The molecule has 0 aliphatic carbocycles. The highest BCUT2D eigenvalue weighted by molar-refractivity contribution is 5.47. The van der Waals surface area contributed by atoms with Crippen LogP contribution in [0.1, 0.15) is 40.4 Å². The standard InChI is InChI=1S/C27H29F3N2/c1-4-17-32-18-7-10-26(32)25(16-15-22-13-11-21(5-2)12-14-22)31(3)20-23-8-6-9-24(19-23)27(28,29)30/h4-14,18-19,25H,1-2,15-17,20H2,3H3. The number of hydrogen-bond acceptors (Lipinski definition) is 1. The van der Waals surface area contributed by atoms with E-state index in [1.165, 1.54) is 17.7 Å². The molecule has 0 bridgehead atoms. The third-order valence-corrected chi connectivity index (χ3v) is 5.67. The average Bonchev–Trinajstić information content (AvgIpc) is 3.22. The van der Waals surface area contributed by atoms with Crippen molar-refractivity contribution < 1.29 is 13.2 Å². The van der Waals surface area contributed by atoms with Crippen molar-refractivity contribution in [3.63, 3.8) is 0 Å². The Morgan fingerprint density at radius 1 is 1.00 bits per heavy atom. The zero-order valence-electron chi connectivity index (χ0n) is 18.4. The highest BCUT2D eigenvalue weighted by Gasteiger charge is 2.30. The smallest absolute Gasteiger partial charge is 0.346 e. The van der Waals surface area contributed by atoms with Crippen LogP contribution in [0.5, 0.6) is 0 Å². The van der Waals surface area contributed by atoms with Gasteiger partial charge < -0.3 is 4.57 Å². The zero-order chi connectivity index (χ0) is 23.1. The number of aryl methyl sites for hydroxylation is 1. The molecule has 3 aromatic rings. The van der Waals surface area contributed by atoms with Gasteiger partial charge in [0.15, 0.2) is 0 Å². The van der Waals surface area contributed by atoms with Gasteiger partial charge in [-0.05, 0) is 54.8 Å². The molecule has 168 valence electrons. The molecule has 1 unspecified atom stereocenters. The summed E-state index contributed by atoms with van der Waals surface area (Å²) < 4.78 is 41.6. The van der Waals surface area contributed by atoms with Crippen molar-refractivity contribution >= 4 is 6.08 Å². The van der Waals surface area contributed by atoms with Crippen molar-refractivity contribution in [1.29, 1.82) is 0 Å². The summed E-state index contributed by atoms with van der Waals surface area (Å²) in [6.07, 6.45) is 3.03. The van der Waals surface area contributed by atoms with E-state index < -0.39 is 11.7 Å². The molecule has 0 radical (unpaired) electrons. The van der Waals surface area contributed by atoms with E-state index in [0.29, 0.717) is 18.7 Å². The first-order chi connectivity index (χ1) is 15.3. The fourth-order valence-electron chi connectivity index (χ4n) is 4.00. The minimum atomic E-state index is -4.34. The van der Waals surface area contributed by atoms with Crippen LogP contribution in [0.15, 0.2) is 86.1 Å². The van der Waals surface area contributed by atoms with E-state index in [1.807, 2.05) is 43.6 Å². The van der Waals surface area contributed by atoms with Gasteiger partial charge in [-0.1, -0.05) is 61.2 Å². The summed E-state index contributed by atoms with van der Waals surface area (Å²) in [5.41, 5.74) is 3.45. The predicted octanol–water partition coefficient (Wildman–Crippen LogP) is 7.14. The second-order valence-corrected chi connectivity index (χ2v) is 7.99. The van der Waals surface area contributed by atoms with Crippen LogP contribution < -0.4 is 0 Å². The van der Waals surface area contributed by atoms with Crippen molar-refractivity contribution in [3.8, 4) is 0 Å². The van der Waals surface area contributed by atoms with Crippen LogP contribution in [-0.4, -0.2) is 16.5 Å². The van der Waals surface area contributed by atoms with Gasteiger partial charge in [0.05, 0.1) is 11.6 Å². The molecule has 1 aromatic heterocycles. The number of hydrogen-bond donors (Lipinski definition) is 0. The van der Waals surface area contributed by atoms with Gasteiger partial charge in [-0.15, -0.1) is 6.58 Å². The molecule has 1 heterocycles. The van der Waals surface area contributed by atoms with Crippen molar-refractivity contribution in [2.24, 2.45) is 0 Å². The van der Waals surface area contributed by atoms with E-state index in [1.54, 1.807) is 6.07 Å². The number of alkyl halides is 3. The normalized spacial score (nSPS) is 12.7. The summed E-state index contributed by atoms with van der Waals surface area (Å²) in [6.45, 7) is 8.74. The van der Waals surface area contributed by atoms with Gasteiger partial charge in [-0.2, -0.15) is 13.2 Å². The fourth-order valence-corrected chi connectivity index (χ4v) is 4.00. The Balaban J connectivity index is 1.83. The van der Waals surface area contributed by atoms with E-state index in [2.05, 4.69) is 40.8 Å². The predicted molar refractivity (Wildman–Crippen MR) is 125 cm³/mol. The molecule has 0 amide bonds. The lowest BCUT2D eigenvalue weighted by Gasteiger charge is -2.30. The minimum Gasteiger partial charge on any atom is -0.346 e. The molecule has 0 saturated carbocycles. The van der Waals surface area contributed by atoms with Crippen molar-refractivity contribution in [1.82, 2.24) is 9.47 Å². The highest BCUT2D eigenvalue weighted by atomic mass is 19.4. The molecule has 5 heteroatoms. The first kappa shape index (κ1) is 23.6. The summed E-state index contributed by atoms with van der Waals surface area (Å²) in [7, 11) is 1.97. The second kappa shape index (κ2) is 10.5. The quantitative estimate of drug-likeness (QED) is 0.305. The lowest BCUT2D eigenvalue weighted by molar-refractivity contribution is -0.137. The Morgan fingerprint density at radius 3 is 2.41 bits per heavy atom. The Morgan fingerprint density at radius 2 is 1.75 bits per heavy atom. The summed E-state index contributed by atoms with van der Waals surface area (Å²) in [5, 5.41) is 0. The molecule has 0 aliphatic rings. The Kier molecular flexibility index (Phi) is 7.75. The number of aromatic nitrogens is 1. The molecule has 0 aliphatic heterocycles. The number of rotatable bonds is 10. The Hall–Kier alpha value is -3.05. The third-order valence-electron chi connectivity index (χ3n) is 5.67. The first-order valence-corrected chi connectivity index (χ1v) is 10.7. The monoisotopic (exact) mass is 438 g/mol. The number of halogens is 3. The molecule has 0 N–H and O–H groups in total. The molecule has 0 spiro atoms. The number of allylic oxidation sites excluding steroid dienone is 1. The van der Waals surface area contributed by atoms with Gasteiger partial charge >= 0.3 is 6.18 Å². The van der Waals surface area contributed by atoms with Gasteiger partial charge in [0, 0.05) is 25.0 Å². The van der Waals surface area contributed by atoms with E-state index in [9.17, 15) is 13.2 Å². The molecular weight excluding hydrogens is 409 g/mol. The summed E-state index contributed by atoms with van der Waals surface area (Å²) in [4.78, 5) is 2.13. The topological polar surface area (TPSA) is 8.17 Å². The van der Waals surface area contributed by atoms with E-state index >= 15 is 0 Å². The molecule has 0 fully saturated rings. The SMILES string of the molecule is C=CCn1cccc1C(CCc1ccc(C=C)cc1)N(C)Cc1cccc(C(F)(F)F)c1. The fraction of sp³-hybridized carbons (Fsp3) is 0.259. The maximum atomic E-state index is 13.2. The second-order valence-electron chi connectivity index (χ2n) is 7.99. The Bertz CT molecular complexity index is 1030. The number of nitrogens with zero attached hydrogens (tertiary/aromatic N) is 2. The third kappa shape index (κ3) is 6.01. The highest BCUT2D eigenvalue weighted by Crippen LogP contribution is 2.31. The molecular formula is C27H29F3N2. The van der Waals surface area contributed by atoms with Crippen molar-refractivity contribution in [3.05, 3.63) is 114 Å². The lowest BCUT2D eigenvalue weighted by Crippen LogP contribution is -2.27. The minimum absolute atomic E-state index is 0.0403. The summed E-state index contributed by atoms with van der Waals surface area (Å²) in [5.74, 6) is 0. The van der Waals surface area contributed by atoms with E-state index in [0.717, 1.165) is 30.2 Å². The van der Waals surface area contributed by atoms with Crippen LogP contribution >= 0.6 is 0 Å². The van der Waals surface area contributed by atoms with Gasteiger partial charge in [0.2, 0.25) is 0 Å². The van der Waals surface area contributed by atoms with Gasteiger partial charge in [-0.25, -0.2) is 0 Å². The van der Waals surface area contributed by atoms with Gasteiger partial charge in [0.25, 0.3) is 0 Å². The van der Waals surface area contributed by atoms with Crippen LogP contribution in [0.25, 0.3) is 6.08 Å². The van der Waals surface area contributed by atoms with Gasteiger partial charge in [-0.3, -0.25) is 4.90 Å². The largest absolute Gasteiger partial charge is 0.416 e. The van der Waals surface area contributed by atoms with E-state index in [-0.39, 0.29) is 6.04 Å². The maximum absolute atomic E-state index is 13.2. The molecule has 3 rings (SSSR count). The first-order valence-electron chi connectivity index (χ1n) is 10.7. The number of benzene rings is 2. The van der Waals surface area contributed by atoms with Crippen LogP contribution in [0, 0.1) is 0 Å². The Labute approximate surface area is 188 Å². The van der Waals surface area contributed by atoms with Gasteiger partial charge in [0.1, 0.15) is 0 Å². The lowest BCUT2D eigenvalue weighted by atomic mass is 10.00. The molecule has 32 heavy (non-hydrogen) atoms. The maximum Gasteiger partial charge on any atom is 0.416 e. The van der Waals surface area contributed by atoms with Crippen LogP contribution in [-0.2, 0) is 25.7 Å². The van der Waals surface area contributed by atoms with Crippen LogP contribution in [0.4, 0.5) is 13.2 Å². The van der Waals surface area contributed by atoms with Crippen LogP contribution in [0.3, 0.4) is 0 Å². The van der Waals surface area contributed by atoms with Crippen LogP contribution in [0.2, 0.25) is 0 Å². The van der Waals surface area contributed by atoms with Crippen molar-refractivity contribution in [2.45, 2.75) is 38.1 Å². The molecule has 0 saturated heterocycles. The molecule has 2 nitrogen and oxygen atoms in total.